The zero-order chi connectivity index (χ0) is 64.8. The maximum Gasteiger partial charge on any atom is 0.310 e. The number of primary amides is 2. The molecule has 0 atom stereocenters. The second-order valence-corrected chi connectivity index (χ2v) is 21.2. The van der Waals surface area contributed by atoms with Crippen molar-refractivity contribution in [1.29, 1.82) is 0 Å². The minimum atomic E-state index is -0.686. The molecule has 0 saturated carbocycles. The molecule has 0 heterocycles. The molecule has 0 aliphatic heterocycles. The van der Waals surface area contributed by atoms with Crippen LogP contribution in [0.2, 0.25) is 0 Å². The summed E-state index contributed by atoms with van der Waals surface area (Å²) in [5.41, 5.74) is 12.2. The van der Waals surface area contributed by atoms with E-state index in [9.17, 15) is 49.0 Å². The zero-order valence-electron chi connectivity index (χ0n) is 49.8. The van der Waals surface area contributed by atoms with E-state index < -0.39 is 45.3 Å². The van der Waals surface area contributed by atoms with Crippen molar-refractivity contribution in [3.05, 3.63) is 163 Å². The second kappa shape index (κ2) is 32.8. The molecule has 10 N–H and O–H groups in total. The summed E-state index contributed by atoms with van der Waals surface area (Å²) in [7, 11) is 0. The zero-order valence-corrected chi connectivity index (χ0v) is 49.8. The molecule has 0 saturated heterocycles. The number of carbonyl (C=O) groups excluding carboxylic acids is 6. The Labute approximate surface area is 507 Å². The molecular formula is C62H72N8O18. The van der Waals surface area contributed by atoms with Gasteiger partial charge in [0.2, 0.25) is 11.8 Å². The monoisotopic (exact) mass is 1220 g/mol. The van der Waals surface area contributed by atoms with Crippen LogP contribution in [0.5, 0.6) is 34.5 Å². The van der Waals surface area contributed by atoms with E-state index in [0.29, 0.717) is 12.3 Å². The molecule has 26 heteroatoms. The van der Waals surface area contributed by atoms with Gasteiger partial charge in [0.15, 0.2) is 11.5 Å². The lowest BCUT2D eigenvalue weighted by Crippen LogP contribution is -2.17. The van der Waals surface area contributed by atoms with Crippen molar-refractivity contribution in [2.75, 3.05) is 74.1 Å². The van der Waals surface area contributed by atoms with E-state index in [1.165, 1.54) is 103 Å². The molecule has 88 heavy (non-hydrogen) atoms. The Bertz CT molecular complexity index is 3490. The van der Waals surface area contributed by atoms with Gasteiger partial charge < -0.3 is 71.4 Å². The van der Waals surface area contributed by atoms with Gasteiger partial charge in [-0.3, -0.25) is 49.0 Å². The van der Waals surface area contributed by atoms with E-state index in [-0.39, 0.29) is 166 Å². The van der Waals surface area contributed by atoms with Gasteiger partial charge in [-0.2, -0.15) is 0 Å². The average molecular weight is 1220 g/mol. The number of nitrogens with zero attached hydrogens (tertiary/aromatic N) is 2. The smallest absolute Gasteiger partial charge is 0.310 e. The summed E-state index contributed by atoms with van der Waals surface area (Å²) >= 11 is 0. The number of nitro benzene ring substituents is 2. The van der Waals surface area contributed by atoms with Gasteiger partial charge in [0.05, 0.1) is 72.2 Å². The predicted octanol–water partition coefficient (Wildman–Crippen LogP) is 9.28. The summed E-state index contributed by atoms with van der Waals surface area (Å²) in [6.45, 7) is 15.7. The molecule has 0 aromatic heterocycles. The van der Waals surface area contributed by atoms with Gasteiger partial charge in [-0.25, -0.2) is 0 Å². The molecule has 0 bridgehead atoms. The van der Waals surface area contributed by atoms with Crippen molar-refractivity contribution in [2.45, 2.75) is 55.4 Å². The Balaban J connectivity index is 0.000000321. The summed E-state index contributed by atoms with van der Waals surface area (Å²) < 4.78 is 34.0. The van der Waals surface area contributed by atoms with Crippen LogP contribution >= 0.6 is 0 Å². The number of anilines is 4. The van der Waals surface area contributed by atoms with E-state index in [1.54, 1.807) is 0 Å². The summed E-state index contributed by atoms with van der Waals surface area (Å²) in [4.78, 5) is 97.7. The van der Waals surface area contributed by atoms with Gasteiger partial charge >= 0.3 is 11.4 Å². The quantitative estimate of drug-likeness (QED) is 0.0154. The van der Waals surface area contributed by atoms with Crippen LogP contribution in [0.25, 0.3) is 0 Å². The van der Waals surface area contributed by atoms with Crippen LogP contribution in [0.1, 0.15) is 118 Å². The van der Waals surface area contributed by atoms with Crippen molar-refractivity contribution >= 4 is 69.6 Å². The molecular weight excluding hydrogens is 1140 g/mol. The molecule has 0 spiro atoms. The van der Waals surface area contributed by atoms with Crippen molar-refractivity contribution in [1.82, 2.24) is 0 Å². The van der Waals surface area contributed by atoms with Gasteiger partial charge in [-0.15, -0.1) is 0 Å². The number of ether oxygens (including phenoxy) is 6. The van der Waals surface area contributed by atoms with E-state index in [2.05, 4.69) is 21.3 Å². The molecule has 6 aromatic rings. The summed E-state index contributed by atoms with van der Waals surface area (Å²) in [6, 6.07) is 25.1. The van der Waals surface area contributed by atoms with Gasteiger partial charge in [0.1, 0.15) is 36.2 Å². The third kappa shape index (κ3) is 20.4. The Morgan fingerprint density at radius 1 is 0.386 bits per heavy atom. The van der Waals surface area contributed by atoms with Crippen LogP contribution < -0.4 is 61.2 Å². The van der Waals surface area contributed by atoms with Crippen LogP contribution in [0.4, 0.5) is 34.1 Å². The number of amides is 6. The van der Waals surface area contributed by atoms with E-state index in [4.69, 9.17) is 50.1 Å². The number of benzene rings is 6. The van der Waals surface area contributed by atoms with E-state index in [1.807, 2.05) is 55.4 Å². The molecule has 6 aromatic carbocycles. The third-order valence-electron chi connectivity index (χ3n) is 11.8. The number of carbonyl (C=O) groups is 6. The highest BCUT2D eigenvalue weighted by Gasteiger charge is 2.24. The molecule has 6 amide bonds. The molecule has 0 unspecified atom stereocenters. The number of aliphatic hydroxyl groups excluding tert-OH is 2. The van der Waals surface area contributed by atoms with Crippen molar-refractivity contribution in [3.8, 4) is 34.5 Å². The summed E-state index contributed by atoms with van der Waals surface area (Å²) in [5, 5.41) is 52.0. The molecule has 0 aliphatic carbocycles. The maximum absolute atomic E-state index is 13.3. The fraction of sp³-hybridized carbons (Fsp3) is 0.323. The molecule has 0 aliphatic rings. The van der Waals surface area contributed by atoms with Gasteiger partial charge in [-0.05, 0) is 109 Å². The molecule has 6 rings (SSSR count). The minimum absolute atomic E-state index is 0.0224. The second-order valence-electron chi connectivity index (χ2n) is 21.2. The van der Waals surface area contributed by atoms with Crippen molar-refractivity contribution < 1.29 is 77.2 Å². The van der Waals surface area contributed by atoms with Crippen LogP contribution in [-0.2, 0) is 0 Å². The first-order chi connectivity index (χ1) is 41.8. The number of hydrogen-bond acceptors (Lipinski definition) is 18. The Morgan fingerprint density at radius 3 is 0.886 bits per heavy atom. The lowest BCUT2D eigenvalue weighted by molar-refractivity contribution is -0.386. The molecule has 0 fully saturated rings. The summed E-state index contributed by atoms with van der Waals surface area (Å²) in [5.74, 6) is -2.31. The Kier molecular flexibility index (Phi) is 25.5. The topological polar surface area (TPSA) is 385 Å². The standard InChI is InChI=1S/2C31H36N4O9/c1-18(2)16-43-26-13-20(29(32)37)5-8-23(26)33-30(38)21-6-9-24(27(14-21)44-17-19(3)4)34-31(39)22-7-10-25(35(40)41)28(15-22)42-12-11-36;1-18(2)16-43-27-14-21(30(38)33-23-8-5-20(29(32)37)13-26(23)42-12-11-36)6-9-24(27)34-31(39)22-7-10-25(35(40)41)28(15-22)44-17-19(3)4/h2*5-10,13-15,18-19,36H,11-12,16-17H2,1-4H3,(H2,32,37)(H,33,38)(H,34,39). The highest BCUT2D eigenvalue weighted by Crippen LogP contribution is 2.35. The largest absolute Gasteiger partial charge is 0.491 e. The Morgan fingerprint density at radius 2 is 0.614 bits per heavy atom. The minimum Gasteiger partial charge on any atom is -0.491 e. The van der Waals surface area contributed by atoms with Gasteiger partial charge in [-0.1, -0.05) is 55.4 Å². The molecule has 26 nitrogen and oxygen atoms in total. The number of hydrogen-bond donors (Lipinski definition) is 8. The number of nitrogens with two attached hydrogens (primary N) is 2. The number of nitro groups is 2. The van der Waals surface area contributed by atoms with Crippen LogP contribution in [-0.4, -0.2) is 108 Å². The first kappa shape index (κ1) is 68.4. The van der Waals surface area contributed by atoms with Gasteiger partial charge in [0, 0.05) is 57.6 Å². The number of rotatable bonds is 30. The lowest BCUT2D eigenvalue weighted by Gasteiger charge is -2.17. The molecule has 468 valence electrons. The van der Waals surface area contributed by atoms with E-state index in [0.717, 1.165) is 6.07 Å². The van der Waals surface area contributed by atoms with Crippen molar-refractivity contribution in [2.24, 2.45) is 35.1 Å². The fourth-order valence-electron chi connectivity index (χ4n) is 7.53. The third-order valence-corrected chi connectivity index (χ3v) is 11.8. The van der Waals surface area contributed by atoms with E-state index >= 15 is 0 Å². The van der Waals surface area contributed by atoms with Crippen LogP contribution in [0, 0.1) is 43.9 Å². The lowest BCUT2D eigenvalue weighted by atomic mass is 10.1. The summed E-state index contributed by atoms with van der Waals surface area (Å²) in [6.07, 6.45) is 0. The van der Waals surface area contributed by atoms with Crippen molar-refractivity contribution in [3.63, 3.8) is 0 Å². The first-order valence-electron chi connectivity index (χ1n) is 27.7. The average Bonchev–Trinajstić information content (AvgIpc) is 3.65. The SMILES string of the molecule is CC(C)COc1cc(C(=O)Nc2ccc(C(N)=O)cc2OCCO)ccc1NC(=O)c1ccc([N+](=O)[O-])c(OCC(C)C)c1.CC(C)COc1cc(C(N)=O)ccc1NC(=O)c1ccc(NC(=O)c2ccc([N+](=O)[O-])c(OCCO)c2)c(OCC(C)C)c1. The van der Waals surface area contributed by atoms with Gasteiger partial charge in [0.25, 0.3) is 23.6 Å². The maximum atomic E-state index is 13.3. The number of nitrogens with one attached hydrogen (secondary N) is 4. The first-order valence-corrected chi connectivity index (χ1v) is 27.7. The Hall–Kier alpha value is -10.3. The molecule has 0 radical (unpaired) electrons. The highest BCUT2D eigenvalue weighted by molar-refractivity contribution is 6.10. The normalized spacial score (nSPS) is 10.8. The predicted molar refractivity (Wildman–Crippen MR) is 327 cm³/mol. The van der Waals surface area contributed by atoms with Crippen LogP contribution in [0.15, 0.2) is 109 Å². The van der Waals surface area contributed by atoms with Crippen LogP contribution in [0.3, 0.4) is 0 Å². The fourth-order valence-corrected chi connectivity index (χ4v) is 7.53. The highest BCUT2D eigenvalue weighted by atomic mass is 16.6. The number of aliphatic hydroxyl groups is 2.